The molecule has 4 nitrogen and oxygen atoms in total. The van der Waals surface area contributed by atoms with E-state index in [4.69, 9.17) is 4.74 Å². The van der Waals surface area contributed by atoms with Crippen LogP contribution >= 0.6 is 15.9 Å². The highest BCUT2D eigenvalue weighted by Crippen LogP contribution is 2.65. The van der Waals surface area contributed by atoms with Gasteiger partial charge < -0.3 is 9.64 Å². The zero-order chi connectivity index (χ0) is 17.7. The Labute approximate surface area is 159 Å². The Morgan fingerprint density at radius 3 is 2.52 bits per heavy atom. The number of rotatable bonds is 4. The Hall–Kier alpha value is -0.580. The second-order valence-electron chi connectivity index (χ2n) is 9.31. The van der Waals surface area contributed by atoms with Crippen molar-refractivity contribution in [2.75, 3.05) is 13.7 Å². The number of nitrogens with zero attached hydrogens (tertiary/aromatic N) is 1. The molecule has 0 radical (unpaired) electrons. The largest absolute Gasteiger partial charge is 0.469 e. The number of carbonyl (C=O) groups is 2. The average Bonchev–Trinajstić information content (AvgIpc) is 2.52. The molecule has 4 bridgehead atoms. The molecule has 3 atom stereocenters. The number of piperidine rings is 1. The molecule has 5 rings (SSSR count). The van der Waals surface area contributed by atoms with Gasteiger partial charge in [0.2, 0.25) is 5.91 Å². The van der Waals surface area contributed by atoms with Crippen LogP contribution in [0, 0.1) is 17.3 Å². The van der Waals surface area contributed by atoms with Crippen LogP contribution in [-0.2, 0) is 14.3 Å². The maximum absolute atomic E-state index is 13.2. The summed E-state index contributed by atoms with van der Waals surface area (Å²) in [5.74, 6) is 1.70. The van der Waals surface area contributed by atoms with Crippen LogP contribution < -0.4 is 0 Å². The maximum atomic E-state index is 13.2. The van der Waals surface area contributed by atoms with Crippen molar-refractivity contribution in [2.45, 2.75) is 81.0 Å². The summed E-state index contributed by atoms with van der Waals surface area (Å²) >= 11 is 4.05. The van der Waals surface area contributed by atoms with E-state index < -0.39 is 0 Å². The number of amides is 1. The average molecular weight is 412 g/mol. The minimum Gasteiger partial charge on any atom is -0.469 e. The van der Waals surface area contributed by atoms with Crippen LogP contribution in [0.2, 0.25) is 0 Å². The molecular weight excluding hydrogens is 382 g/mol. The summed E-state index contributed by atoms with van der Waals surface area (Å²) in [6.45, 7) is 0.808. The van der Waals surface area contributed by atoms with Crippen LogP contribution in [0.25, 0.3) is 0 Å². The normalized spacial score (nSPS) is 42.5. The lowest BCUT2D eigenvalue weighted by Gasteiger charge is -2.60. The second kappa shape index (κ2) is 6.54. The van der Waals surface area contributed by atoms with Crippen molar-refractivity contribution in [1.82, 2.24) is 4.90 Å². The summed E-state index contributed by atoms with van der Waals surface area (Å²) < 4.78 is 5.14. The zero-order valence-corrected chi connectivity index (χ0v) is 16.9. The van der Waals surface area contributed by atoms with Crippen LogP contribution in [0.3, 0.4) is 0 Å². The molecule has 1 saturated heterocycles. The molecule has 0 aromatic rings. The Bertz CT molecular complexity index is 549. The Morgan fingerprint density at radius 1 is 1.16 bits per heavy atom. The zero-order valence-electron chi connectivity index (χ0n) is 15.3. The first-order valence-electron chi connectivity index (χ1n) is 9.96. The number of likely N-dealkylation sites (tertiary alicyclic amines) is 1. The second-order valence-corrected chi connectivity index (χ2v) is 11.0. The lowest BCUT2D eigenvalue weighted by molar-refractivity contribution is -0.147. The third-order valence-electron chi connectivity index (χ3n) is 7.21. The van der Waals surface area contributed by atoms with Crippen molar-refractivity contribution >= 4 is 27.8 Å². The summed E-state index contributed by atoms with van der Waals surface area (Å²) in [7, 11) is 1.43. The summed E-state index contributed by atoms with van der Waals surface area (Å²) in [5, 5.41) is 0. The molecule has 5 heteroatoms. The molecule has 0 aromatic carbocycles. The van der Waals surface area contributed by atoms with Crippen molar-refractivity contribution in [1.29, 1.82) is 0 Å². The van der Waals surface area contributed by atoms with E-state index >= 15 is 0 Å². The van der Waals surface area contributed by atoms with Crippen LogP contribution in [0.5, 0.6) is 0 Å². The van der Waals surface area contributed by atoms with Gasteiger partial charge in [0.05, 0.1) is 13.5 Å². The summed E-state index contributed by atoms with van der Waals surface area (Å²) in [6, 6.07) is 0.0422. The lowest BCUT2D eigenvalue weighted by Crippen LogP contribution is -2.55. The first kappa shape index (κ1) is 17.8. The topological polar surface area (TPSA) is 46.6 Å². The van der Waals surface area contributed by atoms with E-state index in [2.05, 4.69) is 15.9 Å². The molecule has 3 unspecified atom stereocenters. The summed E-state index contributed by atoms with van der Waals surface area (Å²) in [5.41, 5.74) is 0.206. The number of ether oxygens (including phenoxy) is 1. The molecule has 4 aliphatic carbocycles. The summed E-state index contributed by atoms with van der Waals surface area (Å²) in [4.78, 5) is 27.0. The number of carbonyl (C=O) groups excluding carboxylic acids is 2. The fourth-order valence-electron chi connectivity index (χ4n) is 6.78. The SMILES string of the molecule is COC(=O)CC1CCCCN1C(=O)CC12CC3CC(CC(Br)(C3)C1)C2. The van der Waals surface area contributed by atoms with Gasteiger partial charge >= 0.3 is 5.97 Å². The molecule has 140 valence electrons. The van der Waals surface area contributed by atoms with Crippen molar-refractivity contribution in [3.8, 4) is 0 Å². The van der Waals surface area contributed by atoms with Gasteiger partial charge in [0.1, 0.15) is 0 Å². The molecule has 5 aliphatic rings. The van der Waals surface area contributed by atoms with E-state index in [1.807, 2.05) is 4.90 Å². The fraction of sp³-hybridized carbons (Fsp3) is 0.900. The molecular formula is C20H30BrNO3. The van der Waals surface area contributed by atoms with Crippen LogP contribution in [0.1, 0.15) is 70.6 Å². The Kier molecular flexibility index (Phi) is 4.66. The van der Waals surface area contributed by atoms with Gasteiger partial charge in [-0.05, 0) is 75.0 Å². The Balaban J connectivity index is 1.46. The van der Waals surface area contributed by atoms with E-state index in [1.165, 1.54) is 39.2 Å². The van der Waals surface area contributed by atoms with E-state index in [-0.39, 0.29) is 23.3 Å². The van der Waals surface area contributed by atoms with Gasteiger partial charge in [0.15, 0.2) is 0 Å². The number of alkyl halides is 1. The van der Waals surface area contributed by atoms with Crippen LogP contribution in [0.15, 0.2) is 0 Å². The van der Waals surface area contributed by atoms with Crippen LogP contribution in [-0.4, -0.2) is 40.8 Å². The van der Waals surface area contributed by atoms with Crippen molar-refractivity contribution in [3.05, 3.63) is 0 Å². The third kappa shape index (κ3) is 3.50. The number of hydrogen-bond acceptors (Lipinski definition) is 3. The Morgan fingerprint density at radius 2 is 1.88 bits per heavy atom. The molecule has 0 aromatic heterocycles. The number of hydrogen-bond donors (Lipinski definition) is 0. The van der Waals surface area contributed by atoms with Gasteiger partial charge in [-0.15, -0.1) is 0 Å². The highest BCUT2D eigenvalue weighted by molar-refractivity contribution is 9.10. The third-order valence-corrected chi connectivity index (χ3v) is 8.14. The molecule has 1 amide bonds. The first-order chi connectivity index (χ1) is 11.9. The number of halogens is 1. The van der Waals surface area contributed by atoms with E-state index in [0.717, 1.165) is 44.1 Å². The van der Waals surface area contributed by atoms with Gasteiger partial charge in [-0.3, -0.25) is 9.59 Å². The highest BCUT2D eigenvalue weighted by atomic mass is 79.9. The standard InChI is InChI=1S/C20H30BrNO3/c1-25-18(24)7-16-4-2-3-5-22(16)17(23)12-19-8-14-6-15(9-19)11-20(21,10-14)13-19/h14-16H,2-13H2,1H3. The molecule has 25 heavy (non-hydrogen) atoms. The number of methoxy groups -OCH3 is 1. The summed E-state index contributed by atoms with van der Waals surface area (Å²) in [6.07, 6.45) is 11.7. The molecule has 0 spiro atoms. The number of esters is 1. The van der Waals surface area contributed by atoms with Gasteiger partial charge in [0, 0.05) is 23.3 Å². The predicted molar refractivity (Wildman–Crippen MR) is 99.4 cm³/mol. The monoisotopic (exact) mass is 411 g/mol. The molecule has 4 saturated carbocycles. The first-order valence-corrected chi connectivity index (χ1v) is 10.7. The van der Waals surface area contributed by atoms with Gasteiger partial charge in [-0.25, -0.2) is 0 Å². The van der Waals surface area contributed by atoms with Crippen molar-refractivity contribution in [3.63, 3.8) is 0 Å². The predicted octanol–water partition coefficient (Wildman–Crippen LogP) is 4.05. The van der Waals surface area contributed by atoms with Gasteiger partial charge in [-0.1, -0.05) is 15.9 Å². The molecule has 5 fully saturated rings. The van der Waals surface area contributed by atoms with E-state index in [0.29, 0.717) is 17.2 Å². The highest BCUT2D eigenvalue weighted by Gasteiger charge is 2.57. The lowest BCUT2D eigenvalue weighted by atomic mass is 9.48. The van der Waals surface area contributed by atoms with Gasteiger partial charge in [-0.2, -0.15) is 0 Å². The maximum Gasteiger partial charge on any atom is 0.307 e. The minimum absolute atomic E-state index is 0.0422. The molecule has 0 N–H and O–H groups in total. The van der Waals surface area contributed by atoms with Crippen molar-refractivity contribution < 1.29 is 14.3 Å². The van der Waals surface area contributed by atoms with E-state index in [1.54, 1.807) is 0 Å². The smallest absolute Gasteiger partial charge is 0.307 e. The molecule has 1 aliphatic heterocycles. The minimum atomic E-state index is -0.195. The quantitative estimate of drug-likeness (QED) is 0.517. The fourth-order valence-corrected chi connectivity index (χ4v) is 8.29. The van der Waals surface area contributed by atoms with Gasteiger partial charge in [0.25, 0.3) is 0 Å². The van der Waals surface area contributed by atoms with E-state index in [9.17, 15) is 9.59 Å². The van der Waals surface area contributed by atoms with Crippen molar-refractivity contribution in [2.24, 2.45) is 17.3 Å². The molecule has 1 heterocycles. The van der Waals surface area contributed by atoms with Crippen LogP contribution in [0.4, 0.5) is 0 Å².